The minimum Gasteiger partial charge on any atom is -0.487 e. The van der Waals surface area contributed by atoms with E-state index in [1.807, 2.05) is 48.5 Å². The molecule has 0 spiro atoms. The number of benzene rings is 2. The topological polar surface area (TPSA) is 63.7 Å². The summed E-state index contributed by atoms with van der Waals surface area (Å²) in [6.45, 7) is 2.56. The van der Waals surface area contributed by atoms with Gasteiger partial charge in [0.25, 0.3) is 0 Å². The molecule has 4 rings (SSSR count). The number of nitrogens with zero attached hydrogens (tertiary/aromatic N) is 3. The fourth-order valence-corrected chi connectivity index (χ4v) is 3.72. The van der Waals surface area contributed by atoms with Crippen LogP contribution in [0.3, 0.4) is 0 Å². The molecule has 0 radical (unpaired) electrons. The van der Waals surface area contributed by atoms with Crippen molar-refractivity contribution >= 4 is 11.6 Å². The molecule has 5 nitrogen and oxygen atoms in total. The molecule has 1 N–H and O–H groups in total. The number of ether oxygens (including phenoxy) is 1. The van der Waals surface area contributed by atoms with E-state index in [1.165, 1.54) is 11.1 Å². The van der Waals surface area contributed by atoms with E-state index in [0.29, 0.717) is 11.6 Å². The molecule has 4 aromatic rings. The Balaban J connectivity index is 1.31. The van der Waals surface area contributed by atoms with Gasteiger partial charge in [-0.25, -0.2) is 4.98 Å². The summed E-state index contributed by atoms with van der Waals surface area (Å²) in [5, 5.41) is 11.3. The van der Waals surface area contributed by atoms with E-state index >= 15 is 0 Å². The minimum atomic E-state index is 0.422. The third-order valence-electron chi connectivity index (χ3n) is 5.22. The van der Waals surface area contributed by atoms with Crippen molar-refractivity contribution in [2.45, 2.75) is 39.2 Å². The average Bonchev–Trinajstić information content (AvgIpc) is 3.30. The van der Waals surface area contributed by atoms with E-state index in [0.717, 1.165) is 54.1 Å². The lowest BCUT2D eigenvalue weighted by atomic mass is 10.0. The quantitative estimate of drug-likeness (QED) is 0.331. The number of halogens is 1. The van der Waals surface area contributed by atoms with Gasteiger partial charge < -0.3 is 4.74 Å². The standard InChI is InChI=1S/C25H25ClN4O/c1-18-14-24(13-12-19(18)6-2-3-9-22-16-27-30-29-22)31-17-23-10-5-11-25(28-23)20-7-4-8-21(26)15-20/h4-5,7-8,10-16H,2-3,6,9,17H2,1H3,(H,27,29,30). The zero-order chi connectivity index (χ0) is 21.5. The largest absolute Gasteiger partial charge is 0.487 e. The van der Waals surface area contributed by atoms with Gasteiger partial charge in [0.05, 0.1) is 23.3 Å². The van der Waals surface area contributed by atoms with E-state index in [-0.39, 0.29) is 0 Å². The van der Waals surface area contributed by atoms with Crippen molar-refractivity contribution in [1.82, 2.24) is 20.4 Å². The van der Waals surface area contributed by atoms with Crippen molar-refractivity contribution in [2.24, 2.45) is 0 Å². The first-order valence-electron chi connectivity index (χ1n) is 10.5. The second kappa shape index (κ2) is 10.2. The number of hydrogen-bond donors (Lipinski definition) is 1. The third kappa shape index (κ3) is 5.92. The van der Waals surface area contributed by atoms with Crippen molar-refractivity contribution in [3.05, 3.63) is 94.4 Å². The molecule has 0 bridgehead atoms. The molecular formula is C25H25ClN4O. The maximum atomic E-state index is 6.11. The molecule has 0 atom stereocenters. The maximum absolute atomic E-state index is 6.11. The molecule has 2 aromatic heterocycles. The van der Waals surface area contributed by atoms with Crippen LogP contribution in [0.25, 0.3) is 11.3 Å². The van der Waals surface area contributed by atoms with Crippen LogP contribution in [0.5, 0.6) is 5.75 Å². The lowest BCUT2D eigenvalue weighted by molar-refractivity contribution is 0.301. The fraction of sp³-hybridized carbons (Fsp3) is 0.240. The molecule has 0 amide bonds. The van der Waals surface area contributed by atoms with Gasteiger partial charge >= 0.3 is 0 Å². The highest BCUT2D eigenvalue weighted by molar-refractivity contribution is 6.30. The number of nitrogens with one attached hydrogen (secondary N) is 1. The molecule has 0 unspecified atom stereocenters. The molecular weight excluding hydrogens is 408 g/mol. The molecule has 31 heavy (non-hydrogen) atoms. The Labute approximate surface area is 187 Å². The van der Waals surface area contributed by atoms with E-state index in [2.05, 4.69) is 34.5 Å². The number of H-pyrrole nitrogens is 1. The van der Waals surface area contributed by atoms with Crippen LogP contribution in [0.2, 0.25) is 5.02 Å². The third-order valence-corrected chi connectivity index (χ3v) is 5.46. The molecule has 0 aliphatic heterocycles. The zero-order valence-corrected chi connectivity index (χ0v) is 18.3. The fourth-order valence-electron chi connectivity index (χ4n) is 3.53. The summed E-state index contributed by atoms with van der Waals surface area (Å²) in [6, 6.07) is 20.0. The van der Waals surface area contributed by atoms with Gasteiger partial charge in [-0.2, -0.15) is 15.4 Å². The van der Waals surface area contributed by atoms with Gasteiger partial charge in [-0.1, -0.05) is 35.9 Å². The first-order valence-corrected chi connectivity index (χ1v) is 10.8. The van der Waals surface area contributed by atoms with Crippen molar-refractivity contribution in [2.75, 3.05) is 0 Å². The molecule has 0 aliphatic rings. The second-order valence-corrected chi connectivity index (χ2v) is 8.01. The smallest absolute Gasteiger partial charge is 0.130 e. The molecule has 6 heteroatoms. The van der Waals surface area contributed by atoms with E-state index in [9.17, 15) is 0 Å². The monoisotopic (exact) mass is 432 g/mol. The van der Waals surface area contributed by atoms with Crippen LogP contribution in [0.1, 0.15) is 35.4 Å². The Morgan fingerprint density at radius 3 is 2.61 bits per heavy atom. The normalized spacial score (nSPS) is 10.9. The lowest BCUT2D eigenvalue weighted by Gasteiger charge is -2.11. The van der Waals surface area contributed by atoms with Gasteiger partial charge in [0, 0.05) is 10.6 Å². The van der Waals surface area contributed by atoms with Crippen molar-refractivity contribution in [3.63, 3.8) is 0 Å². The minimum absolute atomic E-state index is 0.422. The Morgan fingerprint density at radius 1 is 0.935 bits per heavy atom. The van der Waals surface area contributed by atoms with Gasteiger partial charge in [-0.05, 0) is 80.1 Å². The number of aryl methyl sites for hydroxylation is 3. The number of aromatic amines is 1. The second-order valence-electron chi connectivity index (χ2n) is 7.57. The number of pyridine rings is 1. The Kier molecular flexibility index (Phi) is 6.95. The molecule has 158 valence electrons. The van der Waals surface area contributed by atoms with Crippen LogP contribution in [0.15, 0.2) is 66.9 Å². The average molecular weight is 433 g/mol. The predicted molar refractivity (Wildman–Crippen MR) is 123 cm³/mol. The maximum Gasteiger partial charge on any atom is 0.130 e. The molecule has 2 heterocycles. The van der Waals surface area contributed by atoms with Crippen molar-refractivity contribution < 1.29 is 4.74 Å². The van der Waals surface area contributed by atoms with Gasteiger partial charge in [-0.15, -0.1) is 0 Å². The van der Waals surface area contributed by atoms with Crippen LogP contribution in [0, 0.1) is 6.92 Å². The first-order chi connectivity index (χ1) is 15.2. The van der Waals surface area contributed by atoms with Crippen LogP contribution in [-0.4, -0.2) is 20.4 Å². The van der Waals surface area contributed by atoms with Crippen LogP contribution in [-0.2, 0) is 19.4 Å². The van der Waals surface area contributed by atoms with E-state index in [4.69, 9.17) is 21.3 Å². The molecule has 2 aromatic carbocycles. The number of unbranched alkanes of at least 4 members (excludes halogenated alkanes) is 1. The zero-order valence-electron chi connectivity index (χ0n) is 17.5. The van der Waals surface area contributed by atoms with Crippen molar-refractivity contribution in [3.8, 4) is 17.0 Å². The molecule has 0 aliphatic carbocycles. The lowest BCUT2D eigenvalue weighted by Crippen LogP contribution is -2.00. The molecule has 0 saturated carbocycles. The van der Waals surface area contributed by atoms with Gasteiger partial charge in [0.2, 0.25) is 0 Å². The van der Waals surface area contributed by atoms with E-state index < -0.39 is 0 Å². The summed E-state index contributed by atoms with van der Waals surface area (Å²) in [5.74, 6) is 0.860. The number of hydrogen-bond acceptors (Lipinski definition) is 4. The summed E-state index contributed by atoms with van der Waals surface area (Å²) in [4.78, 5) is 4.71. The summed E-state index contributed by atoms with van der Waals surface area (Å²) < 4.78 is 6.01. The van der Waals surface area contributed by atoms with Gasteiger partial charge in [0.15, 0.2) is 0 Å². The van der Waals surface area contributed by atoms with Crippen LogP contribution in [0.4, 0.5) is 0 Å². The van der Waals surface area contributed by atoms with Gasteiger partial charge in [0.1, 0.15) is 12.4 Å². The Hall–Kier alpha value is -3.18. The summed E-state index contributed by atoms with van der Waals surface area (Å²) in [7, 11) is 0. The Morgan fingerprint density at radius 2 is 1.81 bits per heavy atom. The first kappa shape index (κ1) is 21.1. The summed E-state index contributed by atoms with van der Waals surface area (Å²) in [6.07, 6.45) is 6.01. The Bertz CT molecular complexity index is 1130. The summed E-state index contributed by atoms with van der Waals surface area (Å²) >= 11 is 6.11. The highest BCUT2D eigenvalue weighted by Gasteiger charge is 2.05. The SMILES string of the molecule is Cc1cc(OCc2cccc(-c3cccc(Cl)c3)n2)ccc1CCCCc1cn[nH]n1. The van der Waals surface area contributed by atoms with Crippen LogP contribution < -0.4 is 4.74 Å². The highest BCUT2D eigenvalue weighted by Crippen LogP contribution is 2.23. The highest BCUT2D eigenvalue weighted by atomic mass is 35.5. The number of rotatable bonds is 9. The van der Waals surface area contributed by atoms with E-state index in [1.54, 1.807) is 6.20 Å². The molecule has 0 saturated heterocycles. The van der Waals surface area contributed by atoms with Crippen molar-refractivity contribution in [1.29, 1.82) is 0 Å². The summed E-state index contributed by atoms with van der Waals surface area (Å²) in [5.41, 5.74) is 6.40. The molecule has 0 fully saturated rings. The van der Waals surface area contributed by atoms with Crippen LogP contribution >= 0.6 is 11.6 Å². The number of aromatic nitrogens is 4. The predicted octanol–water partition coefficient (Wildman–Crippen LogP) is 5.97. The van der Waals surface area contributed by atoms with Gasteiger partial charge in [-0.3, -0.25) is 0 Å².